The van der Waals surface area contributed by atoms with Gasteiger partial charge in [-0.1, -0.05) is 13.0 Å². The lowest BCUT2D eigenvalue weighted by Gasteiger charge is -2.45. The van der Waals surface area contributed by atoms with Gasteiger partial charge in [0.05, 0.1) is 12.0 Å². The zero-order valence-electron chi connectivity index (χ0n) is 22.1. The molecular formula is C27H32FN7O3. The summed E-state index contributed by atoms with van der Waals surface area (Å²) in [5.74, 6) is -1.33. The molecule has 1 fully saturated rings. The van der Waals surface area contributed by atoms with Crippen molar-refractivity contribution in [1.29, 1.82) is 0 Å². The van der Waals surface area contributed by atoms with Crippen LogP contribution in [0.5, 0.6) is 0 Å². The minimum absolute atomic E-state index is 0.216. The lowest BCUT2D eigenvalue weighted by Crippen LogP contribution is -2.70. The molecule has 10 nitrogen and oxygen atoms in total. The van der Waals surface area contributed by atoms with Crippen LogP contribution in [0.4, 0.5) is 21.0 Å². The Hall–Kier alpha value is -4.28. The average molecular weight is 522 g/mol. The number of pyridine rings is 1. The molecule has 1 aromatic carbocycles. The Morgan fingerprint density at radius 2 is 1.92 bits per heavy atom. The Morgan fingerprint density at radius 3 is 2.55 bits per heavy atom. The number of imidazole rings is 1. The number of likely N-dealkylation sites (N-methyl/N-ethyl adjacent to an activating group) is 1. The molecule has 38 heavy (non-hydrogen) atoms. The number of nitrogens with zero attached hydrogens (tertiary/aromatic N) is 5. The first-order valence-corrected chi connectivity index (χ1v) is 12.4. The monoisotopic (exact) mass is 521 g/mol. The maximum absolute atomic E-state index is 14.0. The first-order chi connectivity index (χ1) is 18.0. The molecule has 0 saturated carbocycles. The van der Waals surface area contributed by atoms with Crippen molar-refractivity contribution in [3.63, 3.8) is 0 Å². The number of β-lactam (4-membered cyclic amide) rings is 1. The van der Waals surface area contributed by atoms with Gasteiger partial charge in [0.1, 0.15) is 17.7 Å². The van der Waals surface area contributed by atoms with Crippen molar-refractivity contribution >= 4 is 29.6 Å². The number of carbonyl (C=O) groups excluding carboxylic acids is 3. The molecule has 3 aromatic rings. The van der Waals surface area contributed by atoms with Crippen LogP contribution in [0.1, 0.15) is 41.6 Å². The van der Waals surface area contributed by atoms with Gasteiger partial charge in [-0.25, -0.2) is 19.2 Å². The minimum Gasteiger partial charge on any atom is -0.384 e. The molecule has 4 amide bonds. The molecule has 1 aliphatic rings. The third-order valence-electron chi connectivity index (χ3n) is 7.26. The molecule has 3 atom stereocenters. The summed E-state index contributed by atoms with van der Waals surface area (Å²) in [6.07, 6.45) is 5.52. The zero-order chi connectivity index (χ0) is 27.7. The quantitative estimate of drug-likeness (QED) is 0.460. The van der Waals surface area contributed by atoms with Gasteiger partial charge in [0.25, 0.3) is 5.91 Å². The summed E-state index contributed by atoms with van der Waals surface area (Å²) >= 11 is 0. The van der Waals surface area contributed by atoms with Crippen LogP contribution >= 0.6 is 0 Å². The molecule has 1 saturated heterocycles. The lowest BCUT2D eigenvalue weighted by molar-refractivity contribution is -0.156. The maximum Gasteiger partial charge on any atom is 0.325 e. The fourth-order valence-electron chi connectivity index (χ4n) is 4.91. The van der Waals surface area contributed by atoms with E-state index in [1.54, 1.807) is 63.1 Å². The molecule has 0 aliphatic carbocycles. The number of nitrogen functional groups attached to an aromatic ring is 1. The van der Waals surface area contributed by atoms with E-state index in [0.717, 1.165) is 21.6 Å². The smallest absolute Gasteiger partial charge is 0.325 e. The predicted octanol–water partition coefficient (Wildman–Crippen LogP) is 3.05. The largest absolute Gasteiger partial charge is 0.384 e. The van der Waals surface area contributed by atoms with Gasteiger partial charge >= 0.3 is 6.03 Å². The van der Waals surface area contributed by atoms with E-state index in [2.05, 4.69) is 15.3 Å². The normalized spacial score (nSPS) is 17.6. The molecule has 11 heteroatoms. The number of halogens is 1. The highest BCUT2D eigenvalue weighted by Gasteiger charge is 2.55. The van der Waals surface area contributed by atoms with E-state index in [-0.39, 0.29) is 12.2 Å². The van der Waals surface area contributed by atoms with Crippen LogP contribution in [0.2, 0.25) is 0 Å². The van der Waals surface area contributed by atoms with Crippen molar-refractivity contribution in [2.24, 2.45) is 13.0 Å². The number of nitrogens with one attached hydrogen (secondary N) is 1. The molecule has 4 rings (SSSR count). The second-order valence-electron chi connectivity index (χ2n) is 9.58. The third-order valence-corrected chi connectivity index (χ3v) is 7.26. The number of aromatic nitrogens is 3. The highest BCUT2D eigenvalue weighted by Crippen LogP contribution is 2.34. The molecule has 0 bridgehead atoms. The van der Waals surface area contributed by atoms with E-state index in [4.69, 9.17) is 5.73 Å². The molecule has 2 aromatic heterocycles. The Bertz CT molecular complexity index is 1390. The predicted molar refractivity (Wildman–Crippen MR) is 141 cm³/mol. The van der Waals surface area contributed by atoms with Crippen LogP contribution in [0.25, 0.3) is 0 Å². The SMILES string of the molecule is CC[C@@H](NC(=O)N1C(=O)[C@H](Cc2ccnc(N)c2)[C@H]1C(=O)N(C)c1nccn1C)c1ccc(F)c(C)c1C. The van der Waals surface area contributed by atoms with E-state index in [9.17, 15) is 18.8 Å². The second kappa shape index (κ2) is 10.6. The summed E-state index contributed by atoms with van der Waals surface area (Å²) in [6.45, 7) is 5.36. The molecule has 0 unspecified atom stereocenters. The van der Waals surface area contributed by atoms with Crippen LogP contribution in [-0.4, -0.2) is 50.4 Å². The molecule has 1 aliphatic heterocycles. The Labute approximate surface area is 220 Å². The van der Waals surface area contributed by atoms with Crippen molar-refractivity contribution in [3.8, 4) is 0 Å². The summed E-state index contributed by atoms with van der Waals surface area (Å²) in [6, 6.07) is 4.17. The molecule has 3 heterocycles. The van der Waals surface area contributed by atoms with Crippen molar-refractivity contribution < 1.29 is 18.8 Å². The third kappa shape index (κ3) is 4.83. The molecule has 0 spiro atoms. The number of rotatable bonds is 7. The van der Waals surface area contributed by atoms with E-state index >= 15 is 0 Å². The van der Waals surface area contributed by atoms with E-state index in [1.807, 2.05) is 6.92 Å². The van der Waals surface area contributed by atoms with Gasteiger partial charge in [-0.05, 0) is 67.1 Å². The Kier molecular flexibility index (Phi) is 7.47. The fourth-order valence-corrected chi connectivity index (χ4v) is 4.91. The number of hydrogen-bond acceptors (Lipinski definition) is 6. The first-order valence-electron chi connectivity index (χ1n) is 12.4. The van der Waals surface area contributed by atoms with Gasteiger partial charge in [0.15, 0.2) is 0 Å². The standard InChI is InChI=1S/C27H32FN7O3/c1-6-21(18-7-8-20(28)16(3)15(18)2)32-27(38)35-23(25(37)34(5)26-31-11-12-33(26)4)19(24(35)36)13-17-9-10-30-22(29)14-17/h7-12,14,19,21,23H,6,13H2,1-5H3,(H2,29,30)(H,32,38)/t19-,21-,23+/m1/s1. The number of benzene rings is 1. The summed E-state index contributed by atoms with van der Waals surface area (Å²) in [5, 5.41) is 2.89. The van der Waals surface area contributed by atoms with Crippen LogP contribution in [-0.2, 0) is 23.1 Å². The maximum atomic E-state index is 14.0. The van der Waals surface area contributed by atoms with Gasteiger partial charge in [0.2, 0.25) is 11.9 Å². The number of hydrogen-bond donors (Lipinski definition) is 2. The summed E-state index contributed by atoms with van der Waals surface area (Å²) < 4.78 is 15.7. The Morgan fingerprint density at radius 1 is 1.18 bits per heavy atom. The molecule has 200 valence electrons. The van der Waals surface area contributed by atoms with E-state index < -0.39 is 35.8 Å². The number of amides is 4. The molecular weight excluding hydrogens is 489 g/mol. The highest BCUT2D eigenvalue weighted by atomic mass is 19.1. The lowest BCUT2D eigenvalue weighted by atomic mass is 9.81. The summed E-state index contributed by atoms with van der Waals surface area (Å²) in [4.78, 5) is 51.0. The number of anilines is 2. The zero-order valence-corrected chi connectivity index (χ0v) is 22.1. The van der Waals surface area contributed by atoms with Crippen LogP contribution in [0.15, 0.2) is 42.9 Å². The Balaban J connectivity index is 1.63. The van der Waals surface area contributed by atoms with Crippen LogP contribution in [0.3, 0.4) is 0 Å². The first kappa shape index (κ1) is 26.8. The van der Waals surface area contributed by atoms with Crippen molar-refractivity contribution in [1.82, 2.24) is 24.8 Å². The fraction of sp³-hybridized carbons (Fsp3) is 0.370. The second-order valence-corrected chi connectivity index (χ2v) is 9.58. The number of urea groups is 1. The number of imide groups is 1. The van der Waals surface area contributed by atoms with Gasteiger partial charge in [-0.2, -0.15) is 0 Å². The number of nitrogens with two attached hydrogens (primary N) is 1. The van der Waals surface area contributed by atoms with Crippen LogP contribution < -0.4 is 16.0 Å². The van der Waals surface area contributed by atoms with Crippen molar-refractivity contribution in [2.45, 2.75) is 45.7 Å². The number of carbonyl (C=O) groups is 3. The summed E-state index contributed by atoms with van der Waals surface area (Å²) in [7, 11) is 3.31. The average Bonchev–Trinajstić information content (AvgIpc) is 3.32. The van der Waals surface area contributed by atoms with Gasteiger partial charge in [-0.15, -0.1) is 0 Å². The van der Waals surface area contributed by atoms with E-state index in [1.165, 1.54) is 17.2 Å². The van der Waals surface area contributed by atoms with Crippen LogP contribution in [0, 0.1) is 25.6 Å². The highest BCUT2D eigenvalue weighted by molar-refractivity contribution is 6.12. The van der Waals surface area contributed by atoms with Gasteiger partial charge in [0, 0.05) is 32.7 Å². The minimum atomic E-state index is -1.05. The number of aryl methyl sites for hydroxylation is 1. The van der Waals surface area contributed by atoms with Gasteiger partial charge < -0.3 is 15.6 Å². The van der Waals surface area contributed by atoms with Crippen molar-refractivity contribution in [2.75, 3.05) is 17.7 Å². The van der Waals surface area contributed by atoms with Gasteiger partial charge in [-0.3, -0.25) is 19.4 Å². The number of likely N-dealkylation sites (tertiary alicyclic amines) is 1. The molecule has 3 N–H and O–H groups in total. The molecule has 0 radical (unpaired) electrons. The topological polar surface area (TPSA) is 126 Å². The summed E-state index contributed by atoms with van der Waals surface area (Å²) in [5.41, 5.74) is 8.51. The van der Waals surface area contributed by atoms with E-state index in [0.29, 0.717) is 23.8 Å². The van der Waals surface area contributed by atoms with Crippen molar-refractivity contribution in [3.05, 3.63) is 70.9 Å².